The molecule has 1 heterocycles. The van der Waals surface area contributed by atoms with E-state index in [1.807, 2.05) is 0 Å². The average Bonchev–Trinajstić information content (AvgIpc) is 2.98. The van der Waals surface area contributed by atoms with Crippen molar-refractivity contribution in [3.8, 4) is 0 Å². The molecular formula is C17H21NO. The molecule has 0 aliphatic carbocycles. The van der Waals surface area contributed by atoms with Crippen LogP contribution in [-0.2, 0) is 4.74 Å². The van der Waals surface area contributed by atoms with Gasteiger partial charge in [0.2, 0.25) is 0 Å². The number of rotatable bonds is 4. The minimum absolute atomic E-state index is 0.414. The van der Waals surface area contributed by atoms with Gasteiger partial charge in [-0.25, -0.2) is 0 Å². The second kappa shape index (κ2) is 5.72. The van der Waals surface area contributed by atoms with Gasteiger partial charge in [0.15, 0.2) is 0 Å². The van der Waals surface area contributed by atoms with Crippen molar-refractivity contribution >= 4 is 10.8 Å². The molecule has 2 atom stereocenters. The number of ether oxygens (including phenoxy) is 1. The average molecular weight is 255 g/mol. The highest BCUT2D eigenvalue weighted by molar-refractivity contribution is 5.83. The summed E-state index contributed by atoms with van der Waals surface area (Å²) in [6.45, 7) is 4.95. The number of fused-ring (bicyclic) bond motifs is 1. The van der Waals surface area contributed by atoms with Gasteiger partial charge in [-0.05, 0) is 35.4 Å². The van der Waals surface area contributed by atoms with Gasteiger partial charge in [-0.15, -0.1) is 0 Å². The van der Waals surface area contributed by atoms with Gasteiger partial charge in [-0.3, -0.25) is 0 Å². The first-order chi connectivity index (χ1) is 9.38. The van der Waals surface area contributed by atoms with E-state index < -0.39 is 0 Å². The Balaban J connectivity index is 1.94. The Kier molecular flexibility index (Phi) is 3.81. The summed E-state index contributed by atoms with van der Waals surface area (Å²) in [7, 11) is 0. The molecule has 2 aromatic rings. The fourth-order valence-electron chi connectivity index (χ4n) is 2.99. The zero-order valence-corrected chi connectivity index (χ0v) is 11.4. The first kappa shape index (κ1) is 12.6. The van der Waals surface area contributed by atoms with Crippen LogP contribution in [0.1, 0.15) is 24.9 Å². The van der Waals surface area contributed by atoms with E-state index in [0.29, 0.717) is 12.0 Å². The van der Waals surface area contributed by atoms with Crippen LogP contribution in [0.2, 0.25) is 0 Å². The molecule has 0 spiro atoms. The number of hydrogen-bond donors (Lipinski definition) is 1. The van der Waals surface area contributed by atoms with Crippen LogP contribution in [0, 0.1) is 5.92 Å². The SMILES string of the molecule is CCNC(c1ccc2ccccc2c1)C1CCOC1. The quantitative estimate of drug-likeness (QED) is 0.902. The molecule has 2 nitrogen and oxygen atoms in total. The molecule has 3 rings (SSSR count). The lowest BCUT2D eigenvalue weighted by Gasteiger charge is -2.24. The first-order valence-corrected chi connectivity index (χ1v) is 7.18. The van der Waals surface area contributed by atoms with Crippen LogP contribution in [-0.4, -0.2) is 19.8 Å². The summed E-state index contributed by atoms with van der Waals surface area (Å²) in [4.78, 5) is 0. The Morgan fingerprint density at radius 2 is 2.05 bits per heavy atom. The maximum atomic E-state index is 5.55. The molecule has 2 unspecified atom stereocenters. The zero-order valence-electron chi connectivity index (χ0n) is 11.4. The van der Waals surface area contributed by atoms with E-state index in [-0.39, 0.29) is 0 Å². The summed E-state index contributed by atoms with van der Waals surface area (Å²) in [5, 5.41) is 6.26. The molecule has 0 aromatic heterocycles. The van der Waals surface area contributed by atoms with Crippen molar-refractivity contribution in [2.45, 2.75) is 19.4 Å². The Labute approximate surface area is 114 Å². The van der Waals surface area contributed by atoms with Crippen molar-refractivity contribution in [2.75, 3.05) is 19.8 Å². The van der Waals surface area contributed by atoms with Crippen molar-refractivity contribution in [1.29, 1.82) is 0 Å². The minimum Gasteiger partial charge on any atom is -0.381 e. The van der Waals surface area contributed by atoms with Crippen LogP contribution < -0.4 is 5.32 Å². The highest BCUT2D eigenvalue weighted by Crippen LogP contribution is 2.30. The van der Waals surface area contributed by atoms with Crippen LogP contribution in [0.5, 0.6) is 0 Å². The van der Waals surface area contributed by atoms with Crippen molar-refractivity contribution in [1.82, 2.24) is 5.32 Å². The molecular weight excluding hydrogens is 234 g/mol. The number of hydrogen-bond acceptors (Lipinski definition) is 2. The third kappa shape index (κ3) is 2.65. The molecule has 2 aromatic carbocycles. The smallest absolute Gasteiger partial charge is 0.0513 e. The molecule has 1 fully saturated rings. The van der Waals surface area contributed by atoms with Gasteiger partial charge in [0.25, 0.3) is 0 Å². The van der Waals surface area contributed by atoms with Gasteiger partial charge in [0.1, 0.15) is 0 Å². The molecule has 1 N–H and O–H groups in total. The fourth-order valence-corrected chi connectivity index (χ4v) is 2.99. The zero-order chi connectivity index (χ0) is 13.1. The summed E-state index contributed by atoms with van der Waals surface area (Å²) in [6, 6.07) is 15.8. The maximum Gasteiger partial charge on any atom is 0.0513 e. The van der Waals surface area contributed by atoms with Crippen LogP contribution >= 0.6 is 0 Å². The molecule has 19 heavy (non-hydrogen) atoms. The van der Waals surface area contributed by atoms with Crippen LogP contribution in [0.25, 0.3) is 10.8 Å². The van der Waals surface area contributed by atoms with E-state index in [0.717, 1.165) is 26.2 Å². The van der Waals surface area contributed by atoms with E-state index in [1.165, 1.54) is 16.3 Å². The maximum absolute atomic E-state index is 5.55. The lowest BCUT2D eigenvalue weighted by atomic mass is 9.91. The minimum atomic E-state index is 0.414. The lowest BCUT2D eigenvalue weighted by molar-refractivity contribution is 0.177. The standard InChI is InChI=1S/C17H21NO/c1-2-18-17(16-9-10-19-12-16)15-8-7-13-5-3-4-6-14(13)11-15/h3-8,11,16-18H,2,9-10,12H2,1H3. The predicted octanol–water partition coefficient (Wildman–Crippen LogP) is 3.53. The van der Waals surface area contributed by atoms with Crippen molar-refractivity contribution in [3.63, 3.8) is 0 Å². The monoisotopic (exact) mass is 255 g/mol. The first-order valence-electron chi connectivity index (χ1n) is 7.18. The Bertz CT molecular complexity index is 546. The van der Waals surface area contributed by atoms with E-state index in [1.54, 1.807) is 0 Å². The van der Waals surface area contributed by atoms with E-state index in [4.69, 9.17) is 4.74 Å². The molecule has 0 saturated carbocycles. The molecule has 1 saturated heterocycles. The van der Waals surface area contributed by atoms with Gasteiger partial charge in [-0.1, -0.05) is 43.3 Å². The predicted molar refractivity (Wildman–Crippen MR) is 79.3 cm³/mol. The summed E-state index contributed by atoms with van der Waals surface area (Å²) in [5.41, 5.74) is 1.39. The largest absolute Gasteiger partial charge is 0.381 e. The van der Waals surface area contributed by atoms with Gasteiger partial charge in [0.05, 0.1) is 6.61 Å². The molecule has 1 aliphatic rings. The summed E-state index contributed by atoms with van der Waals surface area (Å²) in [6.07, 6.45) is 1.16. The van der Waals surface area contributed by atoms with E-state index in [9.17, 15) is 0 Å². The highest BCUT2D eigenvalue weighted by atomic mass is 16.5. The Morgan fingerprint density at radius 3 is 2.79 bits per heavy atom. The molecule has 100 valence electrons. The third-order valence-corrected chi connectivity index (χ3v) is 3.99. The lowest BCUT2D eigenvalue weighted by Crippen LogP contribution is -2.28. The summed E-state index contributed by atoms with van der Waals surface area (Å²) >= 11 is 0. The van der Waals surface area contributed by atoms with Gasteiger partial charge < -0.3 is 10.1 Å². The Morgan fingerprint density at radius 1 is 1.21 bits per heavy atom. The van der Waals surface area contributed by atoms with E-state index >= 15 is 0 Å². The van der Waals surface area contributed by atoms with Gasteiger partial charge in [-0.2, -0.15) is 0 Å². The fraction of sp³-hybridized carbons (Fsp3) is 0.412. The topological polar surface area (TPSA) is 21.3 Å². The molecule has 0 amide bonds. The molecule has 2 heteroatoms. The second-order valence-corrected chi connectivity index (χ2v) is 5.27. The van der Waals surface area contributed by atoms with Crippen LogP contribution in [0.4, 0.5) is 0 Å². The highest BCUT2D eigenvalue weighted by Gasteiger charge is 2.26. The molecule has 0 radical (unpaired) electrons. The van der Waals surface area contributed by atoms with Crippen molar-refractivity contribution in [3.05, 3.63) is 48.0 Å². The van der Waals surface area contributed by atoms with Crippen molar-refractivity contribution < 1.29 is 4.74 Å². The third-order valence-electron chi connectivity index (χ3n) is 3.99. The summed E-state index contributed by atoms with van der Waals surface area (Å²) < 4.78 is 5.55. The van der Waals surface area contributed by atoms with Crippen LogP contribution in [0.3, 0.4) is 0 Å². The Hall–Kier alpha value is -1.38. The molecule has 1 aliphatic heterocycles. The molecule has 0 bridgehead atoms. The number of nitrogens with one attached hydrogen (secondary N) is 1. The summed E-state index contributed by atoms with van der Waals surface area (Å²) in [5.74, 6) is 0.598. The van der Waals surface area contributed by atoms with Crippen LogP contribution in [0.15, 0.2) is 42.5 Å². The second-order valence-electron chi connectivity index (χ2n) is 5.27. The van der Waals surface area contributed by atoms with Gasteiger partial charge >= 0.3 is 0 Å². The van der Waals surface area contributed by atoms with E-state index in [2.05, 4.69) is 54.7 Å². The van der Waals surface area contributed by atoms with Gasteiger partial charge in [0, 0.05) is 18.6 Å². The van der Waals surface area contributed by atoms with Crippen molar-refractivity contribution in [2.24, 2.45) is 5.92 Å². The normalized spacial score (nSPS) is 20.8. The number of benzene rings is 2.